The minimum absolute atomic E-state index is 0.0101. The molecule has 1 aromatic carbocycles. The summed E-state index contributed by atoms with van der Waals surface area (Å²) in [7, 11) is 1.91. The van der Waals surface area contributed by atoms with Crippen LogP contribution in [0.15, 0.2) is 42.6 Å². The van der Waals surface area contributed by atoms with Crippen LogP contribution in [0.1, 0.15) is 60.6 Å². The third-order valence-corrected chi connectivity index (χ3v) is 7.55. The zero-order chi connectivity index (χ0) is 24.8. The van der Waals surface area contributed by atoms with Gasteiger partial charge in [0.15, 0.2) is 0 Å². The molecule has 2 amide bonds. The van der Waals surface area contributed by atoms with Crippen molar-refractivity contribution >= 4 is 11.8 Å². The molecule has 35 heavy (non-hydrogen) atoms. The third-order valence-electron chi connectivity index (χ3n) is 7.55. The molecule has 2 bridgehead atoms. The van der Waals surface area contributed by atoms with E-state index in [1.165, 1.54) is 5.56 Å². The molecule has 3 heterocycles. The van der Waals surface area contributed by atoms with Crippen LogP contribution in [0.3, 0.4) is 0 Å². The number of likely N-dealkylation sites (tertiary alicyclic amines) is 1. The Labute approximate surface area is 209 Å². The Morgan fingerprint density at radius 2 is 1.91 bits per heavy atom. The Kier molecular flexibility index (Phi) is 8.06. The molecule has 1 aromatic heterocycles. The van der Waals surface area contributed by atoms with Crippen molar-refractivity contribution in [2.24, 2.45) is 0 Å². The average Bonchev–Trinajstić information content (AvgIpc) is 3.22. The van der Waals surface area contributed by atoms with Gasteiger partial charge in [0.25, 0.3) is 5.91 Å². The van der Waals surface area contributed by atoms with Crippen LogP contribution >= 0.6 is 0 Å². The highest BCUT2D eigenvalue weighted by atomic mass is 16.5. The monoisotopic (exact) mass is 478 g/mol. The van der Waals surface area contributed by atoms with Gasteiger partial charge in [0, 0.05) is 50.9 Å². The smallest absolute Gasteiger partial charge is 0.253 e. The summed E-state index contributed by atoms with van der Waals surface area (Å²) < 4.78 is 5.89. The third kappa shape index (κ3) is 6.01. The van der Waals surface area contributed by atoms with Gasteiger partial charge in [-0.2, -0.15) is 0 Å². The summed E-state index contributed by atoms with van der Waals surface area (Å²) in [6, 6.07) is 11.5. The Morgan fingerprint density at radius 1 is 1.09 bits per heavy atom. The van der Waals surface area contributed by atoms with E-state index >= 15 is 0 Å². The van der Waals surface area contributed by atoms with E-state index in [-0.39, 0.29) is 17.4 Å². The normalized spacial score (nSPS) is 22.5. The first-order valence-corrected chi connectivity index (χ1v) is 12.8. The van der Waals surface area contributed by atoms with Gasteiger partial charge in [0.05, 0.1) is 12.2 Å². The van der Waals surface area contributed by atoms with E-state index in [1.807, 2.05) is 53.4 Å². The number of aryl methyl sites for hydroxylation is 1. The number of fused-ring (bicyclic) bond motifs is 2. The first-order valence-electron chi connectivity index (χ1n) is 12.8. The van der Waals surface area contributed by atoms with E-state index < -0.39 is 0 Å². The van der Waals surface area contributed by atoms with Crippen molar-refractivity contribution in [3.05, 3.63) is 59.4 Å². The van der Waals surface area contributed by atoms with E-state index in [9.17, 15) is 9.59 Å². The number of pyridine rings is 1. The molecule has 1 atom stereocenters. The number of rotatable bonds is 2. The molecule has 1 spiro atoms. The standard InChI is InChI=1S/C28H38N4O3/c1-22-9-7-14-29-26(22)20-32-16-8-13-28(32)12-4-5-15-31(23(2)33)17-18-35-25-11-6-10-24(19-25)27(34)30(3)21-28/h6-7,9-11,14,19H,4-5,8,12-13,15-18,20-21H2,1-3H3/t28-/m1/s1. The minimum Gasteiger partial charge on any atom is -0.492 e. The van der Waals surface area contributed by atoms with Gasteiger partial charge < -0.3 is 14.5 Å². The molecule has 188 valence electrons. The summed E-state index contributed by atoms with van der Waals surface area (Å²) in [4.78, 5) is 36.6. The topological polar surface area (TPSA) is 66.0 Å². The quantitative estimate of drug-likeness (QED) is 0.655. The van der Waals surface area contributed by atoms with E-state index in [1.54, 1.807) is 6.92 Å². The molecule has 0 saturated carbocycles. The molecule has 0 aliphatic carbocycles. The predicted molar refractivity (Wildman–Crippen MR) is 136 cm³/mol. The maximum Gasteiger partial charge on any atom is 0.253 e. The number of hydrogen-bond donors (Lipinski definition) is 0. The molecule has 7 heteroatoms. The number of benzene rings is 1. The number of carbonyl (C=O) groups is 2. The highest BCUT2D eigenvalue weighted by molar-refractivity contribution is 5.94. The average molecular weight is 479 g/mol. The van der Waals surface area contributed by atoms with Crippen LogP contribution in [0.5, 0.6) is 5.75 Å². The van der Waals surface area contributed by atoms with Crippen LogP contribution in [0.4, 0.5) is 0 Å². The van der Waals surface area contributed by atoms with E-state index in [0.717, 1.165) is 57.4 Å². The fourth-order valence-electron chi connectivity index (χ4n) is 5.56. The molecule has 0 unspecified atom stereocenters. The number of nitrogens with zero attached hydrogens (tertiary/aromatic N) is 4. The molecular formula is C28H38N4O3. The van der Waals surface area contributed by atoms with Gasteiger partial charge >= 0.3 is 0 Å². The van der Waals surface area contributed by atoms with Crippen LogP contribution in [0.25, 0.3) is 0 Å². The van der Waals surface area contributed by atoms with Gasteiger partial charge in [0.1, 0.15) is 12.4 Å². The first-order chi connectivity index (χ1) is 16.9. The lowest BCUT2D eigenvalue weighted by Crippen LogP contribution is -2.52. The Bertz CT molecular complexity index is 1040. The second kappa shape index (κ2) is 11.2. The molecule has 2 aliphatic heterocycles. The number of hydrogen-bond acceptors (Lipinski definition) is 5. The van der Waals surface area contributed by atoms with Crippen LogP contribution < -0.4 is 4.74 Å². The minimum atomic E-state index is -0.107. The van der Waals surface area contributed by atoms with Crippen LogP contribution in [0, 0.1) is 6.92 Å². The van der Waals surface area contributed by atoms with Gasteiger partial charge in [0.2, 0.25) is 5.91 Å². The van der Waals surface area contributed by atoms with Crippen molar-refractivity contribution in [2.45, 2.75) is 58.0 Å². The van der Waals surface area contributed by atoms with Gasteiger partial charge in [-0.1, -0.05) is 12.1 Å². The van der Waals surface area contributed by atoms with Crippen molar-refractivity contribution in [1.29, 1.82) is 0 Å². The first kappa shape index (κ1) is 25.2. The zero-order valence-electron chi connectivity index (χ0n) is 21.3. The van der Waals surface area contributed by atoms with E-state index in [4.69, 9.17) is 4.74 Å². The second-order valence-electron chi connectivity index (χ2n) is 10.0. The predicted octanol–water partition coefficient (Wildman–Crippen LogP) is 3.91. The van der Waals surface area contributed by atoms with Crippen molar-refractivity contribution < 1.29 is 14.3 Å². The largest absolute Gasteiger partial charge is 0.492 e. The second-order valence-corrected chi connectivity index (χ2v) is 10.0. The molecule has 2 aliphatic rings. The van der Waals surface area contributed by atoms with Gasteiger partial charge in [-0.15, -0.1) is 0 Å². The number of ether oxygens (including phenoxy) is 1. The molecule has 7 nitrogen and oxygen atoms in total. The lowest BCUT2D eigenvalue weighted by Gasteiger charge is -2.42. The maximum absolute atomic E-state index is 13.4. The highest BCUT2D eigenvalue weighted by Gasteiger charge is 2.42. The van der Waals surface area contributed by atoms with E-state index in [0.29, 0.717) is 31.0 Å². The molecule has 1 saturated heterocycles. The van der Waals surface area contributed by atoms with E-state index in [2.05, 4.69) is 22.9 Å². The van der Waals surface area contributed by atoms with Crippen molar-refractivity contribution in [3.8, 4) is 5.75 Å². The lowest BCUT2D eigenvalue weighted by atomic mass is 9.88. The molecule has 0 N–H and O–H groups in total. The molecule has 2 aromatic rings. The number of amides is 2. The van der Waals surface area contributed by atoms with Crippen LogP contribution in [-0.2, 0) is 11.3 Å². The summed E-state index contributed by atoms with van der Waals surface area (Å²) >= 11 is 0. The van der Waals surface area contributed by atoms with Crippen LogP contribution in [-0.4, -0.2) is 76.9 Å². The summed E-state index contributed by atoms with van der Waals surface area (Å²) in [6.07, 6.45) is 6.94. The summed E-state index contributed by atoms with van der Waals surface area (Å²) in [5, 5.41) is 0. The highest BCUT2D eigenvalue weighted by Crippen LogP contribution is 2.36. The molecular weight excluding hydrogens is 440 g/mol. The summed E-state index contributed by atoms with van der Waals surface area (Å²) in [5.74, 6) is 0.741. The molecule has 4 rings (SSSR count). The Balaban J connectivity index is 1.62. The fourth-order valence-corrected chi connectivity index (χ4v) is 5.56. The van der Waals surface area contributed by atoms with Gasteiger partial charge in [-0.05, 0) is 75.4 Å². The van der Waals surface area contributed by atoms with Gasteiger partial charge in [-0.25, -0.2) is 0 Å². The maximum atomic E-state index is 13.4. The number of aromatic nitrogens is 1. The van der Waals surface area contributed by atoms with Crippen LogP contribution in [0.2, 0.25) is 0 Å². The fraction of sp³-hybridized carbons (Fsp3) is 0.536. The Hall–Kier alpha value is -2.93. The summed E-state index contributed by atoms with van der Waals surface area (Å²) in [5.41, 5.74) is 2.82. The molecule has 1 fully saturated rings. The zero-order valence-corrected chi connectivity index (χ0v) is 21.3. The number of carbonyl (C=O) groups excluding carboxylic acids is 2. The van der Waals surface area contributed by atoms with Crippen molar-refractivity contribution in [2.75, 3.05) is 39.8 Å². The molecule has 0 radical (unpaired) electrons. The van der Waals surface area contributed by atoms with Gasteiger partial charge in [-0.3, -0.25) is 19.5 Å². The SMILES string of the molecule is CC(=O)N1CCCC[C@@]2(CCCN2Cc2ncccc2C)CN(C)C(=O)c2cccc(c2)OCC1. The van der Waals surface area contributed by atoms with Crippen molar-refractivity contribution in [1.82, 2.24) is 19.7 Å². The lowest BCUT2D eigenvalue weighted by molar-refractivity contribution is -0.129. The Morgan fingerprint density at radius 3 is 2.71 bits per heavy atom. The number of likely N-dealkylation sites (N-methyl/N-ethyl adjacent to an activating group) is 1. The summed E-state index contributed by atoms with van der Waals surface area (Å²) in [6.45, 7) is 7.87. The van der Waals surface area contributed by atoms with Crippen molar-refractivity contribution in [3.63, 3.8) is 0 Å².